The molecule has 0 spiro atoms. The third-order valence-corrected chi connectivity index (χ3v) is 5.13. The van der Waals surface area contributed by atoms with Crippen molar-refractivity contribution in [2.24, 2.45) is 4.99 Å². The number of aromatic nitrogens is 1. The Hall–Kier alpha value is -2.69. The van der Waals surface area contributed by atoms with Crippen LogP contribution in [-0.2, 0) is 11.2 Å². The third kappa shape index (κ3) is 3.34. The third-order valence-electron chi connectivity index (χ3n) is 5.13. The van der Waals surface area contributed by atoms with Gasteiger partial charge in [-0.1, -0.05) is 43.5 Å². The summed E-state index contributed by atoms with van der Waals surface area (Å²) in [5, 5.41) is 0. The van der Waals surface area contributed by atoms with E-state index in [0.29, 0.717) is 17.5 Å². The summed E-state index contributed by atoms with van der Waals surface area (Å²) in [6, 6.07) is 13.1. The molecule has 1 atom stereocenters. The van der Waals surface area contributed by atoms with E-state index in [1.807, 2.05) is 24.3 Å². The number of benzene rings is 1. The van der Waals surface area contributed by atoms with Crippen LogP contribution in [-0.4, -0.2) is 28.6 Å². The minimum atomic E-state index is -0.815. The first-order valence-electron chi connectivity index (χ1n) is 9.27. The first kappa shape index (κ1) is 16.8. The van der Waals surface area contributed by atoms with Gasteiger partial charge in [0.05, 0.1) is 11.6 Å². The lowest BCUT2D eigenvalue weighted by Gasteiger charge is -2.24. The fourth-order valence-electron chi connectivity index (χ4n) is 3.75. The van der Waals surface area contributed by atoms with Crippen LogP contribution in [0.1, 0.15) is 52.8 Å². The number of hydrogen-bond acceptors (Lipinski definition) is 4. The lowest BCUT2D eigenvalue weighted by molar-refractivity contribution is 0.0210. The Kier molecular flexibility index (Phi) is 4.69. The lowest BCUT2D eigenvalue weighted by atomic mass is 9.96. The number of cyclic esters (lactones) is 1. The molecule has 0 bridgehead atoms. The topological polar surface area (TPSA) is 60.7 Å². The molecule has 26 heavy (non-hydrogen) atoms. The number of esters is 1. The van der Waals surface area contributed by atoms with Gasteiger partial charge in [-0.05, 0) is 36.6 Å². The second-order valence-corrected chi connectivity index (χ2v) is 6.94. The molecule has 5 heteroatoms. The normalized spacial score (nSPS) is 21.2. The molecule has 0 radical (unpaired) electrons. The summed E-state index contributed by atoms with van der Waals surface area (Å²) in [5.41, 5.74) is 2.03. The maximum Gasteiger partial charge on any atom is 0.339 e. The zero-order valence-corrected chi connectivity index (χ0v) is 14.6. The van der Waals surface area contributed by atoms with Crippen LogP contribution in [0, 0.1) is 0 Å². The van der Waals surface area contributed by atoms with Gasteiger partial charge in [-0.3, -0.25) is 14.4 Å². The van der Waals surface area contributed by atoms with E-state index in [1.165, 1.54) is 23.8 Å². The minimum Gasteiger partial charge on any atom is -0.448 e. The van der Waals surface area contributed by atoms with Crippen LogP contribution >= 0.6 is 0 Å². The maximum absolute atomic E-state index is 13.0. The molecule has 2 heterocycles. The van der Waals surface area contributed by atoms with Crippen LogP contribution in [0.5, 0.6) is 0 Å². The molecule has 5 nitrogen and oxygen atoms in total. The highest BCUT2D eigenvalue weighted by atomic mass is 16.5. The van der Waals surface area contributed by atoms with Gasteiger partial charge in [-0.2, -0.15) is 0 Å². The van der Waals surface area contributed by atoms with Crippen LogP contribution in [0.15, 0.2) is 53.7 Å². The molecule has 1 aliphatic heterocycles. The van der Waals surface area contributed by atoms with Crippen molar-refractivity contribution in [3.05, 3.63) is 65.3 Å². The van der Waals surface area contributed by atoms with E-state index in [9.17, 15) is 9.59 Å². The molecule has 1 aromatic heterocycles. The van der Waals surface area contributed by atoms with Crippen LogP contribution in [0.3, 0.4) is 0 Å². The SMILES string of the molecule is O=C1OC(C(=O)n2ccccc2=NC2CCCCC2)Cc2ccccc21. The summed E-state index contributed by atoms with van der Waals surface area (Å²) >= 11 is 0. The summed E-state index contributed by atoms with van der Waals surface area (Å²) in [6.45, 7) is 0. The molecular formula is C21H22N2O3. The van der Waals surface area contributed by atoms with Crippen molar-refractivity contribution in [3.63, 3.8) is 0 Å². The first-order chi connectivity index (χ1) is 12.7. The van der Waals surface area contributed by atoms with E-state index < -0.39 is 12.1 Å². The second-order valence-electron chi connectivity index (χ2n) is 6.94. The van der Waals surface area contributed by atoms with Crippen molar-refractivity contribution in [2.75, 3.05) is 0 Å². The van der Waals surface area contributed by atoms with Gasteiger partial charge in [0.2, 0.25) is 0 Å². The largest absolute Gasteiger partial charge is 0.448 e. The van der Waals surface area contributed by atoms with Crippen molar-refractivity contribution in [3.8, 4) is 0 Å². The Balaban J connectivity index is 1.63. The molecule has 2 aromatic rings. The highest BCUT2D eigenvalue weighted by molar-refractivity contribution is 5.96. The Morgan fingerprint density at radius 1 is 1.04 bits per heavy atom. The summed E-state index contributed by atoms with van der Waals surface area (Å²) in [5.74, 6) is -0.685. The van der Waals surface area contributed by atoms with Crippen LogP contribution in [0.4, 0.5) is 0 Å². The highest BCUT2D eigenvalue weighted by Crippen LogP contribution is 2.22. The lowest BCUT2D eigenvalue weighted by Crippen LogP contribution is -2.41. The minimum absolute atomic E-state index is 0.247. The zero-order valence-electron chi connectivity index (χ0n) is 14.6. The molecular weight excluding hydrogens is 328 g/mol. The fourth-order valence-corrected chi connectivity index (χ4v) is 3.75. The number of hydrogen-bond donors (Lipinski definition) is 0. The number of ether oxygens (including phenoxy) is 1. The number of rotatable bonds is 2. The Morgan fingerprint density at radius 2 is 1.81 bits per heavy atom. The molecule has 1 unspecified atom stereocenters. The van der Waals surface area contributed by atoms with Crippen molar-refractivity contribution in [1.29, 1.82) is 0 Å². The Morgan fingerprint density at radius 3 is 2.65 bits per heavy atom. The average molecular weight is 350 g/mol. The highest BCUT2D eigenvalue weighted by Gasteiger charge is 2.32. The number of pyridine rings is 1. The van der Waals surface area contributed by atoms with Gasteiger partial charge in [-0.25, -0.2) is 4.79 Å². The fraction of sp³-hybridized carbons (Fsp3) is 0.381. The van der Waals surface area contributed by atoms with Gasteiger partial charge in [0.1, 0.15) is 5.49 Å². The Bertz CT molecular complexity index is 894. The van der Waals surface area contributed by atoms with Crippen molar-refractivity contribution >= 4 is 11.9 Å². The molecule has 2 aliphatic rings. The Labute approximate surface area is 152 Å². The van der Waals surface area contributed by atoms with E-state index in [1.54, 1.807) is 24.4 Å². The number of carbonyl (C=O) groups is 2. The van der Waals surface area contributed by atoms with Gasteiger partial charge in [0, 0.05) is 12.6 Å². The predicted octanol–water partition coefficient (Wildman–Crippen LogP) is 3.14. The maximum atomic E-state index is 13.0. The van der Waals surface area contributed by atoms with Gasteiger partial charge in [-0.15, -0.1) is 0 Å². The molecule has 1 saturated carbocycles. The van der Waals surface area contributed by atoms with Gasteiger partial charge in [0.25, 0.3) is 5.91 Å². The number of fused-ring (bicyclic) bond motifs is 1. The zero-order chi connectivity index (χ0) is 17.9. The van der Waals surface area contributed by atoms with Crippen molar-refractivity contribution in [2.45, 2.75) is 50.7 Å². The molecule has 0 saturated heterocycles. The summed E-state index contributed by atoms with van der Waals surface area (Å²) in [4.78, 5) is 30.1. The molecule has 134 valence electrons. The van der Waals surface area contributed by atoms with E-state index in [0.717, 1.165) is 18.4 Å². The van der Waals surface area contributed by atoms with Gasteiger partial charge < -0.3 is 4.74 Å². The molecule has 4 rings (SSSR count). The van der Waals surface area contributed by atoms with E-state index in [4.69, 9.17) is 9.73 Å². The average Bonchev–Trinajstić information content (AvgIpc) is 2.69. The van der Waals surface area contributed by atoms with Crippen LogP contribution in [0.2, 0.25) is 0 Å². The van der Waals surface area contributed by atoms with E-state index in [2.05, 4.69) is 0 Å². The molecule has 1 aliphatic carbocycles. The van der Waals surface area contributed by atoms with E-state index in [-0.39, 0.29) is 11.9 Å². The van der Waals surface area contributed by atoms with Gasteiger partial charge >= 0.3 is 5.97 Å². The first-order valence-corrected chi connectivity index (χ1v) is 9.27. The second kappa shape index (κ2) is 7.28. The summed E-state index contributed by atoms with van der Waals surface area (Å²) in [6.07, 6.45) is 7.05. The number of carbonyl (C=O) groups excluding carboxylic acids is 2. The standard InChI is InChI=1S/C21H22N2O3/c24-20(18-14-15-8-4-5-11-17(15)21(25)26-18)23-13-7-6-12-19(23)22-16-9-2-1-3-10-16/h4-8,11-13,16,18H,1-3,9-10,14H2. The molecule has 0 amide bonds. The smallest absolute Gasteiger partial charge is 0.339 e. The molecule has 1 aromatic carbocycles. The number of nitrogens with zero attached hydrogens (tertiary/aromatic N) is 2. The van der Waals surface area contributed by atoms with Gasteiger partial charge in [0.15, 0.2) is 6.10 Å². The summed E-state index contributed by atoms with van der Waals surface area (Å²) < 4.78 is 6.95. The van der Waals surface area contributed by atoms with Crippen molar-refractivity contribution < 1.29 is 14.3 Å². The summed E-state index contributed by atoms with van der Waals surface area (Å²) in [7, 11) is 0. The molecule has 0 N–H and O–H groups in total. The van der Waals surface area contributed by atoms with E-state index >= 15 is 0 Å². The monoisotopic (exact) mass is 350 g/mol. The van der Waals surface area contributed by atoms with Crippen LogP contribution < -0.4 is 5.49 Å². The predicted molar refractivity (Wildman–Crippen MR) is 96.8 cm³/mol. The quantitative estimate of drug-likeness (QED) is 0.782. The van der Waals surface area contributed by atoms with Crippen molar-refractivity contribution in [1.82, 2.24) is 4.57 Å². The molecule has 1 fully saturated rings. The van der Waals surface area contributed by atoms with Crippen LogP contribution in [0.25, 0.3) is 0 Å².